The van der Waals surface area contributed by atoms with Gasteiger partial charge in [-0.1, -0.05) is 42.5 Å². The van der Waals surface area contributed by atoms with Crippen molar-refractivity contribution in [2.45, 2.75) is 32.9 Å². The van der Waals surface area contributed by atoms with Gasteiger partial charge in [-0.05, 0) is 43.5 Å². The van der Waals surface area contributed by atoms with Crippen molar-refractivity contribution in [1.82, 2.24) is 10.9 Å². The lowest BCUT2D eigenvalue weighted by atomic mass is 10.1. The van der Waals surface area contributed by atoms with Crippen LogP contribution in [-0.4, -0.2) is 17.9 Å². The van der Waals surface area contributed by atoms with Crippen LogP contribution in [0.15, 0.2) is 48.5 Å². The topological polar surface area (TPSA) is 93.4 Å². The minimum absolute atomic E-state index is 0.400. The summed E-state index contributed by atoms with van der Waals surface area (Å²) in [6.07, 6.45) is -0.739. The van der Waals surface area contributed by atoms with Crippen molar-refractivity contribution < 1.29 is 14.3 Å². The average Bonchev–Trinajstić information content (AvgIpc) is 2.59. The van der Waals surface area contributed by atoms with Crippen LogP contribution in [0.2, 0.25) is 0 Å². The van der Waals surface area contributed by atoms with E-state index in [-0.39, 0.29) is 0 Å². The van der Waals surface area contributed by atoms with Gasteiger partial charge < -0.3 is 10.5 Å². The number of rotatable bonds is 7. The number of nitrogens with one attached hydrogen (secondary N) is 2. The van der Waals surface area contributed by atoms with Crippen LogP contribution >= 0.6 is 0 Å². The first-order valence-electron chi connectivity index (χ1n) is 8.02. The van der Waals surface area contributed by atoms with Gasteiger partial charge in [-0.3, -0.25) is 15.0 Å². The van der Waals surface area contributed by atoms with Crippen LogP contribution in [0.5, 0.6) is 5.75 Å². The van der Waals surface area contributed by atoms with Crippen molar-refractivity contribution in [1.29, 1.82) is 0 Å². The Kier molecular flexibility index (Phi) is 6.14. The minimum atomic E-state index is -0.821. The maximum Gasteiger partial charge on any atom is 0.274 e. The Morgan fingerprint density at radius 1 is 1.04 bits per heavy atom. The fourth-order valence-corrected chi connectivity index (χ4v) is 2.30. The highest BCUT2D eigenvalue weighted by Crippen LogP contribution is 2.21. The molecule has 4 N–H and O–H groups in total. The maximum atomic E-state index is 12.3. The Bertz CT molecular complexity index is 747. The molecule has 2 atom stereocenters. The second kappa shape index (κ2) is 8.30. The number of nitrogens with two attached hydrogens (primary N) is 1. The van der Waals surface area contributed by atoms with Crippen LogP contribution in [0.25, 0.3) is 0 Å². The van der Waals surface area contributed by atoms with Gasteiger partial charge in [0.05, 0.1) is 0 Å². The number of benzene rings is 2. The lowest BCUT2D eigenvalue weighted by Gasteiger charge is -2.20. The van der Waals surface area contributed by atoms with E-state index in [1.54, 1.807) is 31.2 Å². The van der Waals surface area contributed by atoms with E-state index in [0.717, 1.165) is 11.1 Å². The van der Waals surface area contributed by atoms with E-state index in [4.69, 9.17) is 10.5 Å². The molecule has 0 aromatic heterocycles. The number of hydrogen-bond acceptors (Lipinski definition) is 4. The highest BCUT2D eigenvalue weighted by Gasteiger charge is 2.21. The molecule has 0 fully saturated rings. The molecular weight excluding hydrogens is 318 g/mol. The van der Waals surface area contributed by atoms with E-state index in [1.807, 2.05) is 38.1 Å². The zero-order valence-corrected chi connectivity index (χ0v) is 14.6. The molecule has 2 aromatic rings. The zero-order chi connectivity index (χ0) is 18.4. The van der Waals surface area contributed by atoms with Gasteiger partial charge in [0.2, 0.25) is 5.91 Å². The molecule has 0 bridgehead atoms. The van der Waals surface area contributed by atoms with Crippen LogP contribution < -0.4 is 21.3 Å². The Morgan fingerprint density at radius 3 is 2.36 bits per heavy atom. The monoisotopic (exact) mass is 341 g/mol. The number of primary amides is 1. The van der Waals surface area contributed by atoms with E-state index in [0.29, 0.717) is 11.3 Å². The van der Waals surface area contributed by atoms with Crippen LogP contribution in [0.1, 0.15) is 29.7 Å². The molecule has 0 aliphatic heterocycles. The Labute approximate surface area is 147 Å². The summed E-state index contributed by atoms with van der Waals surface area (Å²) in [5, 5.41) is 0. The third kappa shape index (κ3) is 4.81. The van der Waals surface area contributed by atoms with Gasteiger partial charge in [-0.15, -0.1) is 0 Å². The molecule has 0 aliphatic carbocycles. The number of aryl methyl sites for hydroxylation is 1. The van der Waals surface area contributed by atoms with Gasteiger partial charge in [-0.25, -0.2) is 5.43 Å². The van der Waals surface area contributed by atoms with Crippen molar-refractivity contribution in [2.75, 3.05) is 0 Å². The average molecular weight is 341 g/mol. The van der Waals surface area contributed by atoms with Crippen LogP contribution in [0.4, 0.5) is 0 Å². The number of ether oxygens (including phenoxy) is 1. The summed E-state index contributed by atoms with van der Waals surface area (Å²) in [6.45, 7) is 5.55. The Morgan fingerprint density at radius 2 is 1.72 bits per heavy atom. The molecule has 0 heterocycles. The highest BCUT2D eigenvalue weighted by molar-refractivity contribution is 5.83. The van der Waals surface area contributed by atoms with Gasteiger partial charge >= 0.3 is 0 Å². The molecule has 0 aliphatic rings. The molecule has 25 heavy (non-hydrogen) atoms. The summed E-state index contributed by atoms with van der Waals surface area (Å²) >= 11 is 0. The van der Waals surface area contributed by atoms with Gasteiger partial charge in [0, 0.05) is 0 Å². The second-order valence-corrected chi connectivity index (χ2v) is 5.84. The molecular formula is C19H23N3O3. The lowest BCUT2D eigenvalue weighted by molar-refractivity contribution is -0.129. The van der Waals surface area contributed by atoms with Gasteiger partial charge in [0.25, 0.3) is 5.91 Å². The minimum Gasteiger partial charge on any atom is -0.481 e. The highest BCUT2D eigenvalue weighted by atomic mass is 16.5. The first kappa shape index (κ1) is 18.5. The molecule has 0 spiro atoms. The number of carbonyl (C=O) groups is 2. The number of amides is 2. The Balaban J connectivity index is 1.98. The van der Waals surface area contributed by atoms with E-state index in [1.165, 1.54) is 0 Å². The molecule has 6 heteroatoms. The molecule has 0 radical (unpaired) electrons. The van der Waals surface area contributed by atoms with Crippen molar-refractivity contribution in [3.05, 3.63) is 65.2 Å². The van der Waals surface area contributed by atoms with E-state index in [9.17, 15) is 9.59 Å². The molecule has 0 saturated heterocycles. The lowest BCUT2D eigenvalue weighted by Crippen LogP contribution is -2.49. The predicted molar refractivity (Wildman–Crippen MR) is 95.7 cm³/mol. The molecule has 6 nitrogen and oxygen atoms in total. The molecule has 2 aromatic carbocycles. The third-order valence-corrected chi connectivity index (χ3v) is 3.99. The molecule has 2 rings (SSSR count). The van der Waals surface area contributed by atoms with Gasteiger partial charge in [-0.2, -0.15) is 0 Å². The van der Waals surface area contributed by atoms with Gasteiger partial charge in [0.15, 0.2) is 6.10 Å². The smallest absolute Gasteiger partial charge is 0.274 e. The first-order valence-corrected chi connectivity index (χ1v) is 8.02. The molecule has 0 unspecified atom stereocenters. The normalized spacial score (nSPS) is 12.9. The SMILES string of the molecule is Cc1cccc(O[C@H](C)C(=O)NN[C@H](C(N)=O)c2ccccc2)c1C. The van der Waals surface area contributed by atoms with Crippen LogP contribution in [0, 0.1) is 13.8 Å². The number of hydrogen-bond donors (Lipinski definition) is 3. The Hall–Kier alpha value is -2.86. The summed E-state index contributed by atoms with van der Waals surface area (Å²) < 4.78 is 5.72. The molecule has 0 saturated carbocycles. The summed E-state index contributed by atoms with van der Waals surface area (Å²) in [4.78, 5) is 23.9. The van der Waals surface area contributed by atoms with Crippen molar-refractivity contribution in [3.8, 4) is 5.75 Å². The van der Waals surface area contributed by atoms with E-state index in [2.05, 4.69) is 10.9 Å². The molecule has 132 valence electrons. The maximum absolute atomic E-state index is 12.3. The fraction of sp³-hybridized carbons (Fsp3) is 0.263. The van der Waals surface area contributed by atoms with Crippen molar-refractivity contribution in [2.24, 2.45) is 5.73 Å². The summed E-state index contributed by atoms with van der Waals surface area (Å²) in [7, 11) is 0. The second-order valence-electron chi connectivity index (χ2n) is 5.84. The standard InChI is InChI=1S/C19H23N3O3/c1-12-8-7-11-16(13(12)2)25-14(3)19(24)22-21-17(18(20)23)15-9-5-4-6-10-15/h4-11,14,17,21H,1-3H3,(H2,20,23)(H,22,24)/t14-,17+/m1/s1. The summed E-state index contributed by atoms with van der Waals surface area (Å²) in [5.41, 5.74) is 13.3. The third-order valence-electron chi connectivity index (χ3n) is 3.99. The van der Waals surface area contributed by atoms with Crippen LogP contribution in [-0.2, 0) is 9.59 Å². The van der Waals surface area contributed by atoms with E-state index >= 15 is 0 Å². The van der Waals surface area contributed by atoms with Crippen LogP contribution in [0.3, 0.4) is 0 Å². The van der Waals surface area contributed by atoms with E-state index < -0.39 is 24.0 Å². The fourth-order valence-electron chi connectivity index (χ4n) is 2.30. The summed E-state index contributed by atoms with van der Waals surface area (Å²) in [6, 6.07) is 13.8. The van der Waals surface area contributed by atoms with Crippen molar-refractivity contribution >= 4 is 11.8 Å². The number of carbonyl (C=O) groups excluding carboxylic acids is 2. The molecule has 2 amide bonds. The van der Waals surface area contributed by atoms with Crippen molar-refractivity contribution in [3.63, 3.8) is 0 Å². The zero-order valence-electron chi connectivity index (χ0n) is 14.6. The largest absolute Gasteiger partial charge is 0.481 e. The predicted octanol–water partition coefficient (Wildman–Crippen LogP) is 1.92. The number of hydrazine groups is 1. The quantitative estimate of drug-likeness (QED) is 0.671. The van der Waals surface area contributed by atoms with Gasteiger partial charge in [0.1, 0.15) is 11.8 Å². The summed E-state index contributed by atoms with van der Waals surface area (Å²) in [5.74, 6) is -0.338. The first-order chi connectivity index (χ1) is 11.9.